The SMILES string of the molecule is NC(=O)Nc1ccc(CCOCCCCCCNCC(O)c2ccc(O)c(CO)c2)cc1. The van der Waals surface area contributed by atoms with Crippen molar-refractivity contribution < 1.29 is 24.9 Å². The molecule has 8 nitrogen and oxygen atoms in total. The molecule has 0 aliphatic heterocycles. The van der Waals surface area contributed by atoms with Crippen molar-refractivity contribution in [3.05, 3.63) is 59.2 Å². The molecule has 1 atom stereocenters. The molecule has 2 aromatic carbocycles. The zero-order valence-electron chi connectivity index (χ0n) is 18.4. The standard InChI is InChI=1S/C24H35N3O5/c25-24(31)27-21-8-5-18(6-9-21)11-14-32-13-4-2-1-3-12-26-16-23(30)19-7-10-22(29)20(15-19)17-28/h5-10,15,23,26,28-30H,1-4,11-14,16-17H2,(H3,25,27,31). The van der Waals surface area contributed by atoms with E-state index in [1.165, 1.54) is 6.07 Å². The Morgan fingerprint density at radius 2 is 1.78 bits per heavy atom. The average Bonchev–Trinajstić information content (AvgIpc) is 2.78. The zero-order valence-corrected chi connectivity index (χ0v) is 18.4. The van der Waals surface area contributed by atoms with Gasteiger partial charge in [0.2, 0.25) is 0 Å². The van der Waals surface area contributed by atoms with Gasteiger partial charge in [-0.3, -0.25) is 0 Å². The summed E-state index contributed by atoms with van der Waals surface area (Å²) >= 11 is 0. The fraction of sp³-hybridized carbons (Fsp3) is 0.458. The summed E-state index contributed by atoms with van der Waals surface area (Å²) in [6.07, 6.45) is 4.37. The van der Waals surface area contributed by atoms with Gasteiger partial charge in [-0.25, -0.2) is 4.79 Å². The van der Waals surface area contributed by atoms with Gasteiger partial charge in [0.05, 0.1) is 19.3 Å². The first-order valence-corrected chi connectivity index (χ1v) is 11.0. The summed E-state index contributed by atoms with van der Waals surface area (Å²) in [5.74, 6) is 0.0358. The van der Waals surface area contributed by atoms with E-state index in [9.17, 15) is 20.1 Å². The third kappa shape index (κ3) is 9.65. The largest absolute Gasteiger partial charge is 0.508 e. The molecule has 0 bridgehead atoms. The Morgan fingerprint density at radius 1 is 1.03 bits per heavy atom. The quantitative estimate of drug-likeness (QED) is 0.233. The van der Waals surface area contributed by atoms with Crippen LogP contribution in [-0.2, 0) is 17.8 Å². The third-order valence-electron chi connectivity index (χ3n) is 5.15. The summed E-state index contributed by atoms with van der Waals surface area (Å²) in [7, 11) is 0. The number of urea groups is 1. The Hall–Kier alpha value is -2.65. The monoisotopic (exact) mass is 445 g/mol. The van der Waals surface area contributed by atoms with Crippen LogP contribution in [0.15, 0.2) is 42.5 Å². The van der Waals surface area contributed by atoms with E-state index in [1.807, 2.05) is 24.3 Å². The molecule has 0 fully saturated rings. The van der Waals surface area contributed by atoms with E-state index in [-0.39, 0.29) is 12.4 Å². The van der Waals surface area contributed by atoms with Crippen molar-refractivity contribution in [2.75, 3.05) is 31.6 Å². The van der Waals surface area contributed by atoms with Gasteiger partial charge in [0, 0.05) is 24.4 Å². The topological polar surface area (TPSA) is 137 Å². The zero-order chi connectivity index (χ0) is 23.2. The summed E-state index contributed by atoms with van der Waals surface area (Å²) in [4.78, 5) is 10.8. The highest BCUT2D eigenvalue weighted by Crippen LogP contribution is 2.22. The number of primary amides is 1. The van der Waals surface area contributed by atoms with E-state index in [4.69, 9.17) is 10.5 Å². The highest BCUT2D eigenvalue weighted by molar-refractivity contribution is 5.87. The molecule has 32 heavy (non-hydrogen) atoms. The van der Waals surface area contributed by atoms with E-state index >= 15 is 0 Å². The average molecular weight is 446 g/mol. The molecule has 0 heterocycles. The Kier molecular flexibility index (Phi) is 11.5. The van der Waals surface area contributed by atoms with Crippen LogP contribution in [0.5, 0.6) is 5.75 Å². The van der Waals surface area contributed by atoms with Gasteiger partial charge in [-0.05, 0) is 61.2 Å². The molecule has 0 saturated heterocycles. The van der Waals surface area contributed by atoms with Crippen molar-refractivity contribution in [1.29, 1.82) is 0 Å². The van der Waals surface area contributed by atoms with Crippen LogP contribution in [0.2, 0.25) is 0 Å². The molecule has 7 N–H and O–H groups in total. The molecule has 0 aromatic heterocycles. The number of carbonyl (C=O) groups excluding carboxylic acids is 1. The predicted molar refractivity (Wildman–Crippen MR) is 124 cm³/mol. The number of carbonyl (C=O) groups is 1. The molecule has 0 saturated carbocycles. The van der Waals surface area contributed by atoms with E-state index in [0.717, 1.165) is 50.8 Å². The number of ether oxygens (including phenoxy) is 1. The Morgan fingerprint density at radius 3 is 2.50 bits per heavy atom. The molecular weight excluding hydrogens is 410 g/mol. The number of aliphatic hydroxyl groups is 2. The summed E-state index contributed by atoms with van der Waals surface area (Å²) in [5.41, 5.74) is 8.00. The molecule has 2 aromatic rings. The van der Waals surface area contributed by atoms with Gasteiger partial charge in [0.25, 0.3) is 0 Å². The van der Waals surface area contributed by atoms with Crippen LogP contribution in [0.1, 0.15) is 48.5 Å². The van der Waals surface area contributed by atoms with Gasteiger partial charge in [-0.1, -0.05) is 31.0 Å². The number of hydrogen-bond acceptors (Lipinski definition) is 6. The van der Waals surface area contributed by atoms with Crippen molar-refractivity contribution in [2.24, 2.45) is 5.73 Å². The number of nitrogens with one attached hydrogen (secondary N) is 2. The van der Waals surface area contributed by atoms with Crippen molar-refractivity contribution in [1.82, 2.24) is 5.32 Å². The Balaban J connectivity index is 1.45. The maximum absolute atomic E-state index is 10.8. The van der Waals surface area contributed by atoms with Crippen LogP contribution in [0.25, 0.3) is 0 Å². The smallest absolute Gasteiger partial charge is 0.316 e. The second kappa shape index (κ2) is 14.4. The number of unbranched alkanes of at least 4 members (excludes halogenated alkanes) is 3. The van der Waals surface area contributed by atoms with Crippen molar-refractivity contribution in [3.8, 4) is 5.75 Å². The first kappa shape index (κ1) is 25.6. The molecular formula is C24H35N3O5. The van der Waals surface area contributed by atoms with Gasteiger partial charge in [0.1, 0.15) is 5.75 Å². The highest BCUT2D eigenvalue weighted by atomic mass is 16.5. The van der Waals surface area contributed by atoms with E-state index < -0.39 is 12.1 Å². The summed E-state index contributed by atoms with van der Waals surface area (Å²) in [6, 6.07) is 11.8. The molecule has 176 valence electrons. The van der Waals surface area contributed by atoms with Crippen LogP contribution in [0.3, 0.4) is 0 Å². The Labute approximate surface area is 189 Å². The van der Waals surface area contributed by atoms with Crippen molar-refractivity contribution >= 4 is 11.7 Å². The van der Waals surface area contributed by atoms with Gasteiger partial charge < -0.3 is 36.4 Å². The van der Waals surface area contributed by atoms with E-state index in [2.05, 4.69) is 10.6 Å². The van der Waals surface area contributed by atoms with Crippen LogP contribution >= 0.6 is 0 Å². The van der Waals surface area contributed by atoms with Crippen LogP contribution < -0.4 is 16.4 Å². The highest BCUT2D eigenvalue weighted by Gasteiger charge is 2.09. The maximum Gasteiger partial charge on any atom is 0.316 e. The first-order chi connectivity index (χ1) is 15.5. The number of phenols is 1. The number of benzene rings is 2. The minimum atomic E-state index is -0.676. The van der Waals surface area contributed by atoms with Gasteiger partial charge >= 0.3 is 6.03 Å². The fourth-order valence-corrected chi connectivity index (χ4v) is 3.29. The molecule has 2 amide bonds. The number of anilines is 1. The number of aromatic hydroxyl groups is 1. The second-order valence-electron chi connectivity index (χ2n) is 7.73. The lowest BCUT2D eigenvalue weighted by atomic mass is 10.1. The molecule has 0 spiro atoms. The molecule has 1 unspecified atom stereocenters. The van der Waals surface area contributed by atoms with Crippen LogP contribution in [-0.4, -0.2) is 47.7 Å². The predicted octanol–water partition coefficient (Wildman–Crippen LogP) is 2.82. The summed E-state index contributed by atoms with van der Waals surface area (Å²) in [5, 5.41) is 34.8. The van der Waals surface area contributed by atoms with Crippen molar-refractivity contribution in [3.63, 3.8) is 0 Å². The van der Waals surface area contributed by atoms with Gasteiger partial charge in [-0.15, -0.1) is 0 Å². The normalized spacial score (nSPS) is 11.9. The van der Waals surface area contributed by atoms with E-state index in [0.29, 0.717) is 30.0 Å². The lowest BCUT2D eigenvalue weighted by Gasteiger charge is -2.14. The lowest BCUT2D eigenvalue weighted by molar-refractivity contribution is 0.133. The number of nitrogens with two attached hydrogens (primary N) is 1. The molecule has 0 aliphatic rings. The van der Waals surface area contributed by atoms with Crippen LogP contribution in [0.4, 0.5) is 10.5 Å². The van der Waals surface area contributed by atoms with Gasteiger partial charge in [0.15, 0.2) is 0 Å². The Bertz CT molecular complexity index is 814. The maximum atomic E-state index is 10.8. The number of rotatable bonds is 15. The summed E-state index contributed by atoms with van der Waals surface area (Å²) in [6.45, 7) is 2.40. The number of hydrogen-bond donors (Lipinski definition) is 6. The fourth-order valence-electron chi connectivity index (χ4n) is 3.29. The number of amides is 2. The van der Waals surface area contributed by atoms with Crippen LogP contribution in [0, 0.1) is 0 Å². The minimum absolute atomic E-state index is 0.0358. The lowest BCUT2D eigenvalue weighted by Crippen LogP contribution is -2.22. The molecule has 2 rings (SSSR count). The minimum Gasteiger partial charge on any atom is -0.508 e. The van der Waals surface area contributed by atoms with Gasteiger partial charge in [-0.2, -0.15) is 0 Å². The molecule has 0 radical (unpaired) electrons. The van der Waals surface area contributed by atoms with Crippen molar-refractivity contribution in [2.45, 2.75) is 44.8 Å². The first-order valence-electron chi connectivity index (χ1n) is 11.0. The number of aliphatic hydroxyl groups excluding tert-OH is 2. The second-order valence-corrected chi connectivity index (χ2v) is 7.73. The molecule has 8 heteroatoms. The van der Waals surface area contributed by atoms with E-state index in [1.54, 1.807) is 12.1 Å². The summed E-state index contributed by atoms with van der Waals surface area (Å²) < 4.78 is 5.69. The molecule has 0 aliphatic carbocycles. The third-order valence-corrected chi connectivity index (χ3v) is 5.15.